The predicted molar refractivity (Wildman–Crippen MR) is 78.9 cm³/mol. The smallest absolute Gasteiger partial charge is 0.176 e. The third-order valence-electron chi connectivity index (χ3n) is 3.56. The van der Waals surface area contributed by atoms with Gasteiger partial charge in [-0.3, -0.25) is 0 Å². The first-order valence-electron chi connectivity index (χ1n) is 7.01. The average molecular weight is 261 g/mol. The minimum Gasteiger partial charge on any atom is -0.493 e. The van der Waals surface area contributed by atoms with Crippen LogP contribution in [0.15, 0.2) is 22.6 Å². The van der Waals surface area contributed by atoms with Gasteiger partial charge in [-0.2, -0.15) is 0 Å². The number of nitrogens with one attached hydrogen (secondary N) is 1. The van der Waals surface area contributed by atoms with Crippen molar-refractivity contribution in [3.8, 4) is 5.75 Å². The maximum atomic E-state index is 6.01. The van der Waals surface area contributed by atoms with Crippen LogP contribution in [0, 0.1) is 0 Å². The Labute approximate surface area is 114 Å². The van der Waals surface area contributed by atoms with E-state index in [1.807, 2.05) is 7.05 Å². The molecule has 0 radical (unpaired) electrons. The van der Waals surface area contributed by atoms with Crippen molar-refractivity contribution in [2.45, 2.75) is 39.2 Å². The molecule has 0 spiro atoms. The molecule has 1 aromatic heterocycles. The van der Waals surface area contributed by atoms with Crippen molar-refractivity contribution >= 4 is 11.0 Å². The zero-order valence-corrected chi connectivity index (χ0v) is 12.2. The summed E-state index contributed by atoms with van der Waals surface area (Å²) in [7, 11) is 3.67. The summed E-state index contributed by atoms with van der Waals surface area (Å²) in [6, 6.07) is 6.65. The third-order valence-corrected chi connectivity index (χ3v) is 3.56. The summed E-state index contributed by atoms with van der Waals surface area (Å²) in [5.74, 6) is 1.82. The summed E-state index contributed by atoms with van der Waals surface area (Å²) in [5.41, 5.74) is 2.12. The van der Waals surface area contributed by atoms with Crippen LogP contribution in [0.25, 0.3) is 11.0 Å². The number of hydrogen-bond donors (Lipinski definition) is 1. The highest BCUT2D eigenvalue weighted by Crippen LogP contribution is 2.33. The second kappa shape index (κ2) is 6.11. The van der Waals surface area contributed by atoms with Gasteiger partial charge < -0.3 is 14.5 Å². The molecule has 3 nitrogen and oxygen atoms in total. The van der Waals surface area contributed by atoms with Gasteiger partial charge in [0.15, 0.2) is 11.3 Å². The van der Waals surface area contributed by atoms with Crippen LogP contribution in [0.5, 0.6) is 5.75 Å². The van der Waals surface area contributed by atoms with E-state index in [0.717, 1.165) is 41.7 Å². The molecule has 1 atom stereocenters. The van der Waals surface area contributed by atoms with E-state index in [0.29, 0.717) is 0 Å². The lowest BCUT2D eigenvalue weighted by molar-refractivity contribution is 0.394. The van der Waals surface area contributed by atoms with E-state index < -0.39 is 0 Å². The lowest BCUT2D eigenvalue weighted by Gasteiger charge is -2.11. The largest absolute Gasteiger partial charge is 0.493 e. The lowest BCUT2D eigenvalue weighted by Crippen LogP contribution is -2.15. The van der Waals surface area contributed by atoms with Crippen molar-refractivity contribution in [3.63, 3.8) is 0 Å². The maximum absolute atomic E-state index is 6.01. The second-order valence-corrected chi connectivity index (χ2v) is 4.85. The molecule has 0 saturated carbocycles. The number of hydrogen-bond acceptors (Lipinski definition) is 3. The summed E-state index contributed by atoms with van der Waals surface area (Å²) < 4.78 is 11.5. The predicted octanol–water partition coefficient (Wildman–Crippen LogP) is 4.06. The van der Waals surface area contributed by atoms with Crippen LogP contribution in [0.2, 0.25) is 0 Å². The Morgan fingerprint density at radius 3 is 2.63 bits per heavy atom. The maximum Gasteiger partial charge on any atom is 0.176 e. The highest BCUT2D eigenvalue weighted by atomic mass is 16.5. The van der Waals surface area contributed by atoms with Gasteiger partial charge in [-0.1, -0.05) is 20.3 Å². The van der Waals surface area contributed by atoms with E-state index in [9.17, 15) is 0 Å². The fourth-order valence-electron chi connectivity index (χ4n) is 2.45. The Balaban J connectivity index is 2.49. The minimum absolute atomic E-state index is 0.271. The van der Waals surface area contributed by atoms with E-state index in [4.69, 9.17) is 9.15 Å². The highest BCUT2D eigenvalue weighted by molar-refractivity contribution is 5.84. The van der Waals surface area contributed by atoms with Crippen LogP contribution in [-0.4, -0.2) is 14.2 Å². The average Bonchev–Trinajstić information content (AvgIpc) is 2.86. The molecule has 1 unspecified atom stereocenters. The standard InChI is InChI=1S/C16H23NO2/c1-5-7-13(17-3)14-10-12-8-11(6-2)9-15(18-4)16(12)19-14/h8-10,13,17H,5-7H2,1-4H3. The molecular formula is C16H23NO2. The van der Waals surface area contributed by atoms with E-state index in [1.54, 1.807) is 7.11 Å². The van der Waals surface area contributed by atoms with Gasteiger partial charge in [0.05, 0.1) is 13.2 Å². The summed E-state index contributed by atoms with van der Waals surface area (Å²) in [5, 5.41) is 4.44. The topological polar surface area (TPSA) is 34.4 Å². The number of furan rings is 1. The molecule has 19 heavy (non-hydrogen) atoms. The first kappa shape index (κ1) is 13.9. The molecule has 0 amide bonds. The Kier molecular flexibility index (Phi) is 4.48. The monoisotopic (exact) mass is 261 g/mol. The minimum atomic E-state index is 0.271. The van der Waals surface area contributed by atoms with E-state index in [2.05, 4.69) is 37.4 Å². The molecule has 0 fully saturated rings. The molecule has 0 bridgehead atoms. The quantitative estimate of drug-likeness (QED) is 0.851. The number of aryl methyl sites for hydroxylation is 1. The van der Waals surface area contributed by atoms with Gasteiger partial charge in [-0.25, -0.2) is 0 Å². The number of methoxy groups -OCH3 is 1. The summed E-state index contributed by atoms with van der Waals surface area (Å²) >= 11 is 0. The molecule has 0 saturated heterocycles. The fraction of sp³-hybridized carbons (Fsp3) is 0.500. The van der Waals surface area contributed by atoms with Crippen molar-refractivity contribution < 1.29 is 9.15 Å². The van der Waals surface area contributed by atoms with Crippen LogP contribution in [0.1, 0.15) is 44.1 Å². The lowest BCUT2D eigenvalue weighted by atomic mass is 10.1. The number of ether oxygens (including phenoxy) is 1. The number of rotatable bonds is 6. The molecule has 2 aromatic rings. The van der Waals surface area contributed by atoms with Crippen molar-refractivity contribution in [1.82, 2.24) is 5.32 Å². The van der Waals surface area contributed by atoms with Crippen molar-refractivity contribution in [2.75, 3.05) is 14.2 Å². The van der Waals surface area contributed by atoms with Crippen LogP contribution in [0.4, 0.5) is 0 Å². The summed E-state index contributed by atoms with van der Waals surface area (Å²) in [4.78, 5) is 0. The Hall–Kier alpha value is -1.48. The molecule has 1 heterocycles. The van der Waals surface area contributed by atoms with Crippen molar-refractivity contribution in [1.29, 1.82) is 0 Å². The second-order valence-electron chi connectivity index (χ2n) is 4.85. The van der Waals surface area contributed by atoms with Gasteiger partial charge in [-0.05, 0) is 43.7 Å². The molecule has 104 valence electrons. The SMILES string of the molecule is CCCC(NC)c1cc2cc(CC)cc(OC)c2o1. The van der Waals surface area contributed by atoms with Crippen LogP contribution in [0.3, 0.4) is 0 Å². The first-order chi connectivity index (χ1) is 9.23. The number of benzene rings is 1. The molecule has 3 heteroatoms. The van der Waals surface area contributed by atoms with E-state index in [1.165, 1.54) is 5.56 Å². The summed E-state index contributed by atoms with van der Waals surface area (Å²) in [6.07, 6.45) is 3.19. The van der Waals surface area contributed by atoms with Gasteiger partial charge in [0.2, 0.25) is 0 Å². The van der Waals surface area contributed by atoms with Crippen LogP contribution >= 0.6 is 0 Å². The van der Waals surface area contributed by atoms with Gasteiger partial charge in [0.1, 0.15) is 5.76 Å². The Morgan fingerprint density at radius 2 is 2.05 bits per heavy atom. The first-order valence-corrected chi connectivity index (χ1v) is 7.01. The molecule has 0 aliphatic rings. The Morgan fingerprint density at radius 1 is 1.26 bits per heavy atom. The van der Waals surface area contributed by atoms with Gasteiger partial charge in [-0.15, -0.1) is 0 Å². The molecular weight excluding hydrogens is 238 g/mol. The normalized spacial score (nSPS) is 12.8. The van der Waals surface area contributed by atoms with Crippen LogP contribution < -0.4 is 10.1 Å². The van der Waals surface area contributed by atoms with Gasteiger partial charge in [0.25, 0.3) is 0 Å². The van der Waals surface area contributed by atoms with E-state index in [-0.39, 0.29) is 6.04 Å². The fourth-order valence-corrected chi connectivity index (χ4v) is 2.45. The zero-order valence-electron chi connectivity index (χ0n) is 12.2. The van der Waals surface area contributed by atoms with Crippen molar-refractivity contribution in [3.05, 3.63) is 29.5 Å². The number of fused-ring (bicyclic) bond motifs is 1. The molecule has 1 aromatic carbocycles. The van der Waals surface area contributed by atoms with Crippen molar-refractivity contribution in [2.24, 2.45) is 0 Å². The Bertz CT molecular complexity index is 545. The molecule has 1 N–H and O–H groups in total. The zero-order chi connectivity index (χ0) is 13.8. The summed E-state index contributed by atoms with van der Waals surface area (Å²) in [6.45, 7) is 4.33. The highest BCUT2D eigenvalue weighted by Gasteiger charge is 2.16. The third kappa shape index (κ3) is 2.76. The van der Waals surface area contributed by atoms with Gasteiger partial charge in [0, 0.05) is 5.39 Å². The molecule has 2 rings (SSSR count). The van der Waals surface area contributed by atoms with Crippen LogP contribution in [-0.2, 0) is 6.42 Å². The van der Waals surface area contributed by atoms with E-state index >= 15 is 0 Å². The van der Waals surface area contributed by atoms with Gasteiger partial charge >= 0.3 is 0 Å². The molecule has 0 aliphatic heterocycles. The molecule has 0 aliphatic carbocycles.